The van der Waals surface area contributed by atoms with Crippen molar-refractivity contribution in [2.24, 2.45) is 0 Å². The number of hydrogen-bond donors (Lipinski definition) is 2. The minimum absolute atomic E-state index is 0.118. The van der Waals surface area contributed by atoms with Crippen LogP contribution in [0.4, 0.5) is 15.8 Å². The van der Waals surface area contributed by atoms with Gasteiger partial charge in [-0.05, 0) is 36.4 Å². The van der Waals surface area contributed by atoms with E-state index in [9.17, 15) is 14.0 Å². The number of carbonyl (C=O) groups is 2. The quantitative estimate of drug-likeness (QED) is 0.671. The van der Waals surface area contributed by atoms with Gasteiger partial charge in [0.25, 0.3) is 5.91 Å². The number of nitrogens with two attached hydrogens (primary N) is 1. The van der Waals surface area contributed by atoms with Crippen molar-refractivity contribution in [2.75, 3.05) is 18.2 Å². The molecule has 0 atom stereocenters. The lowest BCUT2D eigenvalue weighted by molar-refractivity contribution is 0.0600. The molecule has 108 valence electrons. The number of hydrogen-bond acceptors (Lipinski definition) is 4. The number of halogens is 1. The number of nitrogen functional groups attached to an aromatic ring is 1. The summed E-state index contributed by atoms with van der Waals surface area (Å²) >= 11 is 0. The van der Waals surface area contributed by atoms with Gasteiger partial charge in [-0.2, -0.15) is 0 Å². The Morgan fingerprint density at radius 1 is 1.14 bits per heavy atom. The fraction of sp³-hybridized carbons (Fsp3) is 0.0667. The molecule has 5 nitrogen and oxygen atoms in total. The highest BCUT2D eigenvalue weighted by Crippen LogP contribution is 2.20. The predicted molar refractivity (Wildman–Crippen MR) is 76.5 cm³/mol. The number of ether oxygens (including phenoxy) is 1. The van der Waals surface area contributed by atoms with Crippen LogP contribution in [-0.2, 0) is 4.74 Å². The molecular formula is C15H13FN2O3. The van der Waals surface area contributed by atoms with Crippen molar-refractivity contribution in [3.05, 3.63) is 59.4 Å². The fourth-order valence-electron chi connectivity index (χ4n) is 1.75. The first kappa shape index (κ1) is 14.5. The van der Waals surface area contributed by atoms with Gasteiger partial charge in [0.05, 0.1) is 24.0 Å². The predicted octanol–water partition coefficient (Wildman–Crippen LogP) is 2.45. The summed E-state index contributed by atoms with van der Waals surface area (Å²) in [4.78, 5) is 23.5. The highest BCUT2D eigenvalue weighted by Gasteiger charge is 2.12. The zero-order valence-corrected chi connectivity index (χ0v) is 11.2. The van der Waals surface area contributed by atoms with E-state index < -0.39 is 17.7 Å². The van der Waals surface area contributed by atoms with E-state index in [-0.39, 0.29) is 16.8 Å². The Morgan fingerprint density at radius 3 is 2.52 bits per heavy atom. The van der Waals surface area contributed by atoms with Crippen LogP contribution < -0.4 is 11.1 Å². The van der Waals surface area contributed by atoms with Gasteiger partial charge in [-0.1, -0.05) is 6.07 Å². The smallest absolute Gasteiger partial charge is 0.337 e. The van der Waals surface area contributed by atoms with E-state index in [1.807, 2.05) is 0 Å². The van der Waals surface area contributed by atoms with Crippen LogP contribution in [-0.4, -0.2) is 19.0 Å². The molecule has 0 saturated heterocycles. The molecule has 2 rings (SSSR count). The number of carbonyl (C=O) groups excluding carboxylic acids is 2. The molecule has 6 heteroatoms. The Balaban J connectivity index is 2.22. The molecule has 0 radical (unpaired) electrons. The van der Waals surface area contributed by atoms with E-state index in [0.29, 0.717) is 5.69 Å². The summed E-state index contributed by atoms with van der Waals surface area (Å²) in [6.07, 6.45) is 0. The third-order valence-corrected chi connectivity index (χ3v) is 2.81. The van der Waals surface area contributed by atoms with Crippen LogP contribution >= 0.6 is 0 Å². The fourth-order valence-corrected chi connectivity index (χ4v) is 1.75. The van der Waals surface area contributed by atoms with Crippen LogP contribution in [0.25, 0.3) is 0 Å². The topological polar surface area (TPSA) is 81.4 Å². The highest BCUT2D eigenvalue weighted by molar-refractivity contribution is 6.06. The van der Waals surface area contributed by atoms with Gasteiger partial charge in [0.2, 0.25) is 0 Å². The van der Waals surface area contributed by atoms with Gasteiger partial charge >= 0.3 is 5.97 Å². The molecule has 0 aliphatic carbocycles. The number of rotatable bonds is 3. The molecule has 0 aliphatic heterocycles. The molecular weight excluding hydrogens is 275 g/mol. The Bertz CT molecular complexity index is 701. The monoisotopic (exact) mass is 288 g/mol. The van der Waals surface area contributed by atoms with Gasteiger partial charge in [0, 0.05) is 5.56 Å². The van der Waals surface area contributed by atoms with E-state index in [2.05, 4.69) is 10.1 Å². The van der Waals surface area contributed by atoms with Crippen LogP contribution in [0.3, 0.4) is 0 Å². The molecule has 0 spiro atoms. The minimum atomic E-state index is -0.536. The summed E-state index contributed by atoms with van der Waals surface area (Å²) in [5.74, 6) is -1.48. The van der Waals surface area contributed by atoms with Crippen LogP contribution in [0.15, 0.2) is 42.5 Å². The van der Waals surface area contributed by atoms with Gasteiger partial charge in [-0.3, -0.25) is 4.79 Å². The zero-order valence-electron chi connectivity index (χ0n) is 11.2. The Morgan fingerprint density at radius 2 is 1.86 bits per heavy atom. The number of amides is 1. The largest absolute Gasteiger partial charge is 0.465 e. The first-order chi connectivity index (χ1) is 10.0. The molecule has 0 bridgehead atoms. The SMILES string of the molecule is COC(=O)c1cccc(C(=O)Nc2ccc(F)cc2N)c1. The van der Waals surface area contributed by atoms with E-state index in [0.717, 1.165) is 6.07 Å². The normalized spacial score (nSPS) is 10.0. The lowest BCUT2D eigenvalue weighted by Gasteiger charge is -2.09. The molecule has 21 heavy (non-hydrogen) atoms. The molecule has 0 fully saturated rings. The number of anilines is 2. The second-order valence-electron chi connectivity index (χ2n) is 4.26. The second-order valence-corrected chi connectivity index (χ2v) is 4.26. The number of methoxy groups -OCH3 is 1. The molecule has 2 aromatic rings. The molecule has 0 aliphatic rings. The minimum Gasteiger partial charge on any atom is -0.465 e. The summed E-state index contributed by atoms with van der Waals surface area (Å²) in [5.41, 5.74) is 6.56. The van der Waals surface area contributed by atoms with Gasteiger partial charge < -0.3 is 15.8 Å². The van der Waals surface area contributed by atoms with Crippen molar-refractivity contribution >= 4 is 23.3 Å². The number of nitrogens with one attached hydrogen (secondary N) is 1. The van der Waals surface area contributed by atoms with Gasteiger partial charge in [0.15, 0.2) is 0 Å². The van der Waals surface area contributed by atoms with Gasteiger partial charge in [-0.15, -0.1) is 0 Å². The van der Waals surface area contributed by atoms with Crippen LogP contribution in [0.5, 0.6) is 0 Å². The maximum absolute atomic E-state index is 12.9. The molecule has 1 amide bonds. The average molecular weight is 288 g/mol. The van der Waals surface area contributed by atoms with E-state index in [1.54, 1.807) is 12.1 Å². The molecule has 0 aromatic heterocycles. The van der Waals surface area contributed by atoms with Crippen molar-refractivity contribution in [3.63, 3.8) is 0 Å². The summed E-state index contributed by atoms with van der Waals surface area (Å²) in [6, 6.07) is 9.72. The van der Waals surface area contributed by atoms with Crippen molar-refractivity contribution in [2.45, 2.75) is 0 Å². The third-order valence-electron chi connectivity index (χ3n) is 2.81. The highest BCUT2D eigenvalue weighted by atomic mass is 19.1. The van der Waals surface area contributed by atoms with Crippen molar-refractivity contribution < 1.29 is 18.7 Å². The van der Waals surface area contributed by atoms with Crippen LogP contribution in [0.1, 0.15) is 20.7 Å². The first-order valence-corrected chi connectivity index (χ1v) is 6.06. The van der Waals surface area contributed by atoms with Gasteiger partial charge in [0.1, 0.15) is 5.82 Å². The summed E-state index contributed by atoms with van der Waals surface area (Å²) in [6.45, 7) is 0. The van der Waals surface area contributed by atoms with E-state index in [4.69, 9.17) is 5.73 Å². The summed E-state index contributed by atoms with van der Waals surface area (Å²) < 4.78 is 17.5. The van der Waals surface area contributed by atoms with Crippen molar-refractivity contribution in [3.8, 4) is 0 Å². The molecule has 0 unspecified atom stereocenters. The van der Waals surface area contributed by atoms with Crippen LogP contribution in [0, 0.1) is 5.82 Å². The molecule has 3 N–H and O–H groups in total. The first-order valence-electron chi connectivity index (χ1n) is 6.06. The Kier molecular flexibility index (Phi) is 4.18. The van der Waals surface area contributed by atoms with E-state index in [1.165, 1.54) is 31.4 Å². The molecule has 0 saturated carbocycles. The third kappa shape index (κ3) is 3.36. The molecule has 2 aromatic carbocycles. The Labute approximate surface area is 120 Å². The Hall–Kier alpha value is -2.89. The molecule has 0 heterocycles. The maximum atomic E-state index is 12.9. The maximum Gasteiger partial charge on any atom is 0.337 e. The van der Waals surface area contributed by atoms with Crippen LogP contribution in [0.2, 0.25) is 0 Å². The van der Waals surface area contributed by atoms with Gasteiger partial charge in [-0.25, -0.2) is 9.18 Å². The van der Waals surface area contributed by atoms with E-state index >= 15 is 0 Å². The average Bonchev–Trinajstić information content (AvgIpc) is 2.49. The van der Waals surface area contributed by atoms with Crippen molar-refractivity contribution in [1.29, 1.82) is 0 Å². The lowest BCUT2D eigenvalue weighted by atomic mass is 10.1. The summed E-state index contributed by atoms with van der Waals surface area (Å²) in [7, 11) is 1.26. The van der Waals surface area contributed by atoms with Crippen molar-refractivity contribution in [1.82, 2.24) is 0 Å². The number of esters is 1. The standard InChI is InChI=1S/C15H13FN2O3/c1-21-15(20)10-4-2-3-9(7-10)14(19)18-13-6-5-11(16)8-12(13)17/h2-8H,17H2,1H3,(H,18,19). The number of benzene rings is 2. The summed E-state index contributed by atoms with van der Waals surface area (Å²) in [5, 5.41) is 2.56. The second kappa shape index (κ2) is 6.04. The zero-order chi connectivity index (χ0) is 15.4. The lowest BCUT2D eigenvalue weighted by Crippen LogP contribution is -2.14.